The second-order valence-corrected chi connectivity index (χ2v) is 5.55. The van der Waals surface area contributed by atoms with Crippen LogP contribution in [0.15, 0.2) is 49.2 Å². The molecule has 0 bridgehead atoms. The van der Waals surface area contributed by atoms with Gasteiger partial charge in [-0.15, -0.1) is 0 Å². The van der Waals surface area contributed by atoms with Crippen molar-refractivity contribution in [3.63, 3.8) is 0 Å². The van der Waals surface area contributed by atoms with Gasteiger partial charge in [0.1, 0.15) is 23.1 Å². The van der Waals surface area contributed by atoms with E-state index in [1.54, 1.807) is 35.1 Å². The first-order valence-corrected chi connectivity index (χ1v) is 7.63. The van der Waals surface area contributed by atoms with Crippen molar-refractivity contribution in [1.29, 1.82) is 0 Å². The van der Waals surface area contributed by atoms with Crippen LogP contribution in [0.4, 0.5) is 0 Å². The minimum Gasteiger partial charge on any atom is -0.497 e. The molecule has 4 rings (SSSR count). The smallest absolute Gasteiger partial charge is 0.237 e. The third kappa shape index (κ3) is 2.69. The Morgan fingerprint density at radius 2 is 2.00 bits per heavy atom. The van der Waals surface area contributed by atoms with Gasteiger partial charge in [-0.05, 0) is 17.7 Å². The van der Waals surface area contributed by atoms with Crippen molar-refractivity contribution < 1.29 is 4.74 Å². The second-order valence-electron chi connectivity index (χ2n) is 5.19. The number of hydrogen-bond acceptors (Lipinski definition) is 5. The van der Waals surface area contributed by atoms with Crippen molar-refractivity contribution in [1.82, 2.24) is 29.3 Å². The van der Waals surface area contributed by atoms with E-state index < -0.39 is 0 Å². The molecule has 0 amide bonds. The van der Waals surface area contributed by atoms with E-state index in [1.807, 2.05) is 30.5 Å². The summed E-state index contributed by atoms with van der Waals surface area (Å²) in [6, 6.07) is 7.83. The van der Waals surface area contributed by atoms with Gasteiger partial charge < -0.3 is 4.74 Å². The molecular weight excluding hydrogens is 328 g/mol. The zero-order valence-corrected chi connectivity index (χ0v) is 13.6. The molecule has 0 atom stereocenters. The maximum Gasteiger partial charge on any atom is 0.237 e. The Morgan fingerprint density at radius 3 is 2.71 bits per heavy atom. The Balaban J connectivity index is 1.68. The van der Waals surface area contributed by atoms with Crippen molar-refractivity contribution in [3.05, 3.63) is 59.9 Å². The molecule has 4 aromatic rings. The Bertz CT molecular complexity index is 978. The molecule has 0 N–H and O–H groups in total. The average Bonchev–Trinajstić information content (AvgIpc) is 3.25. The molecule has 1 aromatic carbocycles. The van der Waals surface area contributed by atoms with Crippen LogP contribution in [0.5, 0.6) is 5.75 Å². The Hall–Kier alpha value is -2.93. The highest BCUT2D eigenvalue weighted by atomic mass is 35.5. The van der Waals surface area contributed by atoms with E-state index in [2.05, 4.69) is 20.1 Å². The molecule has 0 aliphatic carbocycles. The Kier molecular flexibility index (Phi) is 3.62. The first-order chi connectivity index (χ1) is 11.7. The largest absolute Gasteiger partial charge is 0.497 e. The predicted octanol–water partition coefficient (Wildman–Crippen LogP) is 2.72. The van der Waals surface area contributed by atoms with Gasteiger partial charge in [-0.2, -0.15) is 10.1 Å². The fraction of sp³-hybridized carbons (Fsp3) is 0.125. The molecule has 8 heteroatoms. The molecule has 0 aliphatic heterocycles. The molecule has 7 nitrogen and oxygen atoms in total. The molecule has 0 fully saturated rings. The number of ether oxygens (including phenoxy) is 1. The number of rotatable bonds is 4. The lowest BCUT2D eigenvalue weighted by molar-refractivity contribution is 0.414. The van der Waals surface area contributed by atoms with Crippen LogP contribution < -0.4 is 4.74 Å². The molecule has 0 spiro atoms. The molecule has 24 heavy (non-hydrogen) atoms. The van der Waals surface area contributed by atoms with Crippen LogP contribution in [0.2, 0.25) is 5.15 Å². The van der Waals surface area contributed by atoms with Gasteiger partial charge in [-0.25, -0.2) is 9.97 Å². The highest BCUT2D eigenvalue weighted by Gasteiger charge is 2.11. The van der Waals surface area contributed by atoms with E-state index in [9.17, 15) is 0 Å². The van der Waals surface area contributed by atoms with Crippen molar-refractivity contribution in [3.8, 4) is 11.7 Å². The highest BCUT2D eigenvalue weighted by molar-refractivity contribution is 6.33. The summed E-state index contributed by atoms with van der Waals surface area (Å²) in [5.74, 6) is 1.29. The summed E-state index contributed by atoms with van der Waals surface area (Å²) in [5.41, 5.74) is 2.36. The fourth-order valence-corrected chi connectivity index (χ4v) is 2.62. The molecule has 3 aromatic heterocycles. The number of halogens is 1. The topological polar surface area (TPSA) is 70.7 Å². The summed E-state index contributed by atoms with van der Waals surface area (Å²) in [7, 11) is 1.65. The maximum absolute atomic E-state index is 6.26. The summed E-state index contributed by atoms with van der Waals surface area (Å²) < 4.78 is 8.66. The maximum atomic E-state index is 6.26. The molecule has 0 saturated carbocycles. The number of aromatic nitrogens is 6. The fourth-order valence-electron chi connectivity index (χ4n) is 2.40. The molecular formula is C16H13ClN6O. The normalized spacial score (nSPS) is 11.1. The SMILES string of the molecule is COc1ccc(Cn2cc3nc(-n4ccnc4)nc(Cl)c3n2)cc1. The van der Waals surface area contributed by atoms with Gasteiger partial charge in [0.25, 0.3) is 0 Å². The zero-order chi connectivity index (χ0) is 16.5. The molecule has 0 saturated heterocycles. The van der Waals surface area contributed by atoms with Gasteiger partial charge in [0.05, 0.1) is 19.9 Å². The van der Waals surface area contributed by atoms with Gasteiger partial charge in [0, 0.05) is 12.4 Å². The van der Waals surface area contributed by atoms with Crippen LogP contribution in [0, 0.1) is 0 Å². The van der Waals surface area contributed by atoms with Gasteiger partial charge >= 0.3 is 0 Å². The Morgan fingerprint density at radius 1 is 1.17 bits per heavy atom. The minimum absolute atomic E-state index is 0.317. The van der Waals surface area contributed by atoms with Crippen molar-refractivity contribution in [2.75, 3.05) is 7.11 Å². The monoisotopic (exact) mass is 340 g/mol. The van der Waals surface area contributed by atoms with Gasteiger partial charge in [0.15, 0.2) is 5.15 Å². The molecule has 3 heterocycles. The number of imidazole rings is 1. The predicted molar refractivity (Wildman–Crippen MR) is 89.6 cm³/mol. The number of methoxy groups -OCH3 is 1. The lowest BCUT2D eigenvalue weighted by Gasteiger charge is -2.03. The van der Waals surface area contributed by atoms with E-state index in [0.717, 1.165) is 11.3 Å². The van der Waals surface area contributed by atoms with Crippen LogP contribution in [-0.4, -0.2) is 36.4 Å². The second kappa shape index (κ2) is 5.93. The van der Waals surface area contributed by atoms with Crippen LogP contribution in [0.25, 0.3) is 17.0 Å². The van der Waals surface area contributed by atoms with Crippen molar-refractivity contribution in [2.24, 2.45) is 0 Å². The minimum atomic E-state index is 0.317. The first kappa shape index (κ1) is 14.6. The third-order valence-corrected chi connectivity index (χ3v) is 3.86. The zero-order valence-electron chi connectivity index (χ0n) is 12.8. The highest BCUT2D eigenvalue weighted by Crippen LogP contribution is 2.21. The number of fused-ring (bicyclic) bond motifs is 1. The van der Waals surface area contributed by atoms with E-state index in [4.69, 9.17) is 16.3 Å². The molecule has 120 valence electrons. The van der Waals surface area contributed by atoms with E-state index >= 15 is 0 Å². The molecule has 0 aliphatic rings. The van der Waals surface area contributed by atoms with Crippen molar-refractivity contribution >= 4 is 22.6 Å². The van der Waals surface area contributed by atoms with Crippen LogP contribution in [0.1, 0.15) is 5.56 Å². The van der Waals surface area contributed by atoms with E-state index in [0.29, 0.717) is 28.7 Å². The van der Waals surface area contributed by atoms with Crippen LogP contribution >= 0.6 is 11.6 Å². The van der Waals surface area contributed by atoms with Gasteiger partial charge in [-0.1, -0.05) is 23.7 Å². The lowest BCUT2D eigenvalue weighted by Crippen LogP contribution is -2.00. The number of hydrogen-bond donors (Lipinski definition) is 0. The average molecular weight is 341 g/mol. The van der Waals surface area contributed by atoms with Gasteiger partial charge in [0.2, 0.25) is 5.95 Å². The lowest BCUT2D eigenvalue weighted by atomic mass is 10.2. The van der Waals surface area contributed by atoms with E-state index in [-0.39, 0.29) is 0 Å². The quantitative estimate of drug-likeness (QED) is 0.534. The van der Waals surface area contributed by atoms with Crippen LogP contribution in [-0.2, 0) is 6.54 Å². The summed E-state index contributed by atoms with van der Waals surface area (Å²) in [6.07, 6.45) is 6.90. The van der Waals surface area contributed by atoms with E-state index in [1.165, 1.54) is 0 Å². The number of benzene rings is 1. The summed E-state index contributed by atoms with van der Waals surface area (Å²) in [4.78, 5) is 12.8. The Labute approximate surface area is 142 Å². The van der Waals surface area contributed by atoms with Gasteiger partial charge in [-0.3, -0.25) is 9.25 Å². The van der Waals surface area contributed by atoms with Crippen molar-refractivity contribution in [2.45, 2.75) is 6.54 Å². The molecule has 0 radical (unpaired) electrons. The summed E-state index contributed by atoms with van der Waals surface area (Å²) in [6.45, 7) is 0.608. The standard InChI is InChI=1S/C16H13ClN6O/c1-24-12-4-2-11(3-5-12)8-23-9-13-14(21-23)15(17)20-16(19-13)22-7-6-18-10-22/h2-7,9-10H,8H2,1H3. The first-order valence-electron chi connectivity index (χ1n) is 7.25. The molecule has 0 unspecified atom stereocenters. The number of nitrogens with zero attached hydrogens (tertiary/aromatic N) is 6. The van der Waals surface area contributed by atoms with Crippen LogP contribution in [0.3, 0.4) is 0 Å². The summed E-state index contributed by atoms with van der Waals surface area (Å²) in [5, 5.41) is 4.79. The third-order valence-electron chi connectivity index (χ3n) is 3.60. The summed E-state index contributed by atoms with van der Waals surface area (Å²) >= 11 is 6.26.